The van der Waals surface area contributed by atoms with E-state index in [1.807, 2.05) is 49.7 Å². The highest BCUT2D eigenvalue weighted by molar-refractivity contribution is 6.12. The molecule has 0 spiro atoms. The molecule has 9 nitrogen and oxygen atoms in total. The molecular formula is C28H29N5O4. The number of benzene rings is 2. The zero-order valence-electron chi connectivity index (χ0n) is 21.2. The normalized spacial score (nSPS) is 10.9. The smallest absolute Gasteiger partial charge is 0.325 e. The molecule has 2 heterocycles. The zero-order chi connectivity index (χ0) is 26.5. The average molecular weight is 500 g/mol. The fourth-order valence-corrected chi connectivity index (χ4v) is 3.98. The fourth-order valence-electron chi connectivity index (χ4n) is 3.98. The van der Waals surface area contributed by atoms with Crippen molar-refractivity contribution < 1.29 is 19.1 Å². The van der Waals surface area contributed by atoms with Crippen LogP contribution in [0.1, 0.15) is 41.4 Å². The molecule has 0 unspecified atom stereocenters. The highest BCUT2D eigenvalue weighted by Gasteiger charge is 2.19. The van der Waals surface area contributed by atoms with Gasteiger partial charge in [-0.1, -0.05) is 36.4 Å². The van der Waals surface area contributed by atoms with Gasteiger partial charge in [-0.3, -0.25) is 14.4 Å². The van der Waals surface area contributed by atoms with Gasteiger partial charge in [0.2, 0.25) is 5.91 Å². The summed E-state index contributed by atoms with van der Waals surface area (Å²) in [5, 5.41) is 10.6. The number of pyridine rings is 1. The summed E-state index contributed by atoms with van der Waals surface area (Å²) in [7, 11) is 1.26. The van der Waals surface area contributed by atoms with E-state index < -0.39 is 5.97 Å². The summed E-state index contributed by atoms with van der Waals surface area (Å²) < 4.78 is 6.33. The van der Waals surface area contributed by atoms with E-state index in [1.165, 1.54) is 7.11 Å². The molecule has 0 radical (unpaired) electrons. The number of aromatic nitrogens is 3. The topological polar surface area (TPSA) is 115 Å². The van der Waals surface area contributed by atoms with Gasteiger partial charge >= 0.3 is 5.97 Å². The molecule has 0 saturated heterocycles. The molecule has 2 N–H and O–H groups in total. The van der Waals surface area contributed by atoms with Crippen molar-refractivity contribution in [1.82, 2.24) is 20.1 Å². The van der Waals surface area contributed by atoms with Crippen LogP contribution in [0.3, 0.4) is 0 Å². The number of anilines is 1. The molecule has 4 rings (SSSR count). The van der Waals surface area contributed by atoms with Gasteiger partial charge in [0.15, 0.2) is 5.65 Å². The highest BCUT2D eigenvalue weighted by atomic mass is 16.5. The first-order valence-corrected chi connectivity index (χ1v) is 11.9. The summed E-state index contributed by atoms with van der Waals surface area (Å²) in [6.07, 6.45) is 1.78. The molecule has 2 aromatic heterocycles. The van der Waals surface area contributed by atoms with Crippen LogP contribution < -0.4 is 10.6 Å². The number of carbonyl (C=O) groups excluding carboxylic acids is 3. The third-order valence-corrected chi connectivity index (χ3v) is 5.96. The lowest BCUT2D eigenvalue weighted by Crippen LogP contribution is -2.31. The summed E-state index contributed by atoms with van der Waals surface area (Å²) in [5.41, 5.74) is 5.16. The van der Waals surface area contributed by atoms with Crippen LogP contribution >= 0.6 is 0 Å². The van der Waals surface area contributed by atoms with Gasteiger partial charge in [-0.15, -0.1) is 0 Å². The van der Waals surface area contributed by atoms with Crippen molar-refractivity contribution in [2.75, 3.05) is 19.0 Å². The second kappa shape index (κ2) is 11.0. The molecule has 37 heavy (non-hydrogen) atoms. The molecule has 0 fully saturated rings. The first-order valence-electron chi connectivity index (χ1n) is 11.9. The molecule has 190 valence electrons. The molecule has 9 heteroatoms. The zero-order valence-corrected chi connectivity index (χ0v) is 21.2. The number of esters is 1. The summed E-state index contributed by atoms with van der Waals surface area (Å²) in [6, 6.07) is 16.8. The number of nitrogens with zero attached hydrogens (tertiary/aromatic N) is 3. The predicted octanol–water partition coefficient (Wildman–Crippen LogP) is 4.07. The van der Waals surface area contributed by atoms with Crippen LogP contribution in [0.2, 0.25) is 0 Å². The number of ether oxygens (including phenoxy) is 1. The van der Waals surface area contributed by atoms with Gasteiger partial charge in [0, 0.05) is 17.3 Å². The standard InChI is InChI=1S/C28H29N5O4/c1-17(2)33-27-23(15-30-33)22(14-24(32-27)21-8-6-5-7-18(21)3)28(36)31-20-11-9-19(10-12-20)13-25(34)29-16-26(35)37-4/h5-12,14-15,17H,13,16H2,1-4H3,(H,29,34)(H,31,36). The van der Waals surface area contributed by atoms with Gasteiger partial charge in [0.1, 0.15) is 6.54 Å². The SMILES string of the molecule is COC(=O)CNC(=O)Cc1ccc(NC(=O)c2cc(-c3ccccc3C)nc3c2cnn3C(C)C)cc1. The molecule has 0 aliphatic rings. The van der Waals surface area contributed by atoms with E-state index in [0.29, 0.717) is 28.0 Å². The maximum absolute atomic E-state index is 13.4. The van der Waals surface area contributed by atoms with Crippen LogP contribution in [-0.4, -0.2) is 46.2 Å². The van der Waals surface area contributed by atoms with Gasteiger partial charge in [-0.25, -0.2) is 9.67 Å². The summed E-state index contributed by atoms with van der Waals surface area (Å²) >= 11 is 0. The van der Waals surface area contributed by atoms with Crippen LogP contribution in [-0.2, 0) is 20.7 Å². The largest absolute Gasteiger partial charge is 0.468 e. The van der Waals surface area contributed by atoms with Crippen molar-refractivity contribution in [3.63, 3.8) is 0 Å². The van der Waals surface area contributed by atoms with E-state index in [0.717, 1.165) is 16.7 Å². The summed E-state index contributed by atoms with van der Waals surface area (Å²) in [5.74, 6) is -1.09. The Morgan fingerprint density at radius 2 is 1.78 bits per heavy atom. The Hall–Kier alpha value is -4.53. The maximum Gasteiger partial charge on any atom is 0.325 e. The van der Waals surface area contributed by atoms with Crippen LogP contribution in [0.5, 0.6) is 0 Å². The van der Waals surface area contributed by atoms with Crippen LogP contribution in [0.25, 0.3) is 22.3 Å². The average Bonchev–Trinajstić information content (AvgIpc) is 3.32. The van der Waals surface area contributed by atoms with E-state index in [9.17, 15) is 14.4 Å². The number of hydrogen-bond acceptors (Lipinski definition) is 6. The molecule has 2 amide bonds. The molecule has 0 bridgehead atoms. The molecule has 0 saturated carbocycles. The molecule has 0 atom stereocenters. The third-order valence-electron chi connectivity index (χ3n) is 5.96. The van der Waals surface area contributed by atoms with E-state index in [-0.39, 0.29) is 30.8 Å². The number of nitrogens with one attached hydrogen (secondary N) is 2. The van der Waals surface area contributed by atoms with Gasteiger partial charge in [0.25, 0.3) is 5.91 Å². The number of fused-ring (bicyclic) bond motifs is 1. The van der Waals surface area contributed by atoms with Crippen LogP contribution in [0.15, 0.2) is 60.8 Å². The summed E-state index contributed by atoms with van der Waals surface area (Å²) in [4.78, 5) is 41.5. The number of amides is 2. The first-order chi connectivity index (χ1) is 17.8. The number of methoxy groups -OCH3 is 1. The molecule has 0 aliphatic carbocycles. The Labute approximate surface area is 214 Å². The Kier molecular flexibility index (Phi) is 7.62. The Balaban J connectivity index is 1.58. The van der Waals surface area contributed by atoms with Crippen molar-refractivity contribution in [1.29, 1.82) is 0 Å². The molecule has 4 aromatic rings. The summed E-state index contributed by atoms with van der Waals surface area (Å²) in [6.45, 7) is 5.87. The number of aryl methyl sites for hydroxylation is 1. The minimum Gasteiger partial charge on any atom is -0.468 e. The lowest BCUT2D eigenvalue weighted by Gasteiger charge is -2.12. The van der Waals surface area contributed by atoms with Crippen molar-refractivity contribution in [3.05, 3.63) is 77.5 Å². The first kappa shape index (κ1) is 25.6. The van der Waals surface area contributed by atoms with Crippen LogP contribution in [0.4, 0.5) is 5.69 Å². The fraction of sp³-hybridized carbons (Fsp3) is 0.250. The van der Waals surface area contributed by atoms with Gasteiger partial charge < -0.3 is 15.4 Å². The minimum absolute atomic E-state index is 0.0744. The highest BCUT2D eigenvalue weighted by Crippen LogP contribution is 2.28. The predicted molar refractivity (Wildman–Crippen MR) is 141 cm³/mol. The molecular weight excluding hydrogens is 470 g/mol. The third kappa shape index (κ3) is 5.83. The van der Waals surface area contributed by atoms with E-state index in [4.69, 9.17) is 4.98 Å². The van der Waals surface area contributed by atoms with Crippen LogP contribution in [0, 0.1) is 6.92 Å². The lowest BCUT2D eigenvalue weighted by molar-refractivity contribution is -0.141. The quantitative estimate of drug-likeness (QED) is 0.353. The minimum atomic E-state index is -0.513. The van der Waals surface area contributed by atoms with Gasteiger partial charge in [-0.2, -0.15) is 5.10 Å². The Morgan fingerprint density at radius 3 is 2.46 bits per heavy atom. The monoisotopic (exact) mass is 499 g/mol. The molecule has 0 aliphatic heterocycles. The molecule has 2 aromatic carbocycles. The second-order valence-electron chi connectivity index (χ2n) is 8.97. The Morgan fingerprint density at radius 1 is 1.05 bits per heavy atom. The number of rotatable bonds is 8. The van der Waals surface area contributed by atoms with Crippen molar-refractivity contribution in [2.24, 2.45) is 0 Å². The van der Waals surface area contributed by atoms with Crippen molar-refractivity contribution in [3.8, 4) is 11.3 Å². The van der Waals surface area contributed by atoms with E-state index >= 15 is 0 Å². The van der Waals surface area contributed by atoms with Crippen molar-refractivity contribution in [2.45, 2.75) is 33.2 Å². The van der Waals surface area contributed by atoms with Crippen molar-refractivity contribution >= 4 is 34.5 Å². The number of carbonyl (C=O) groups is 3. The van der Waals surface area contributed by atoms with E-state index in [2.05, 4.69) is 20.5 Å². The number of hydrogen-bond donors (Lipinski definition) is 2. The van der Waals surface area contributed by atoms with Gasteiger partial charge in [0.05, 0.1) is 36.4 Å². The maximum atomic E-state index is 13.4. The lowest BCUT2D eigenvalue weighted by atomic mass is 10.0. The van der Waals surface area contributed by atoms with Gasteiger partial charge in [-0.05, 0) is 50.1 Å². The second-order valence-corrected chi connectivity index (χ2v) is 8.97. The Bertz CT molecular complexity index is 1460. The van der Waals surface area contributed by atoms with E-state index in [1.54, 1.807) is 36.5 Å².